The van der Waals surface area contributed by atoms with Crippen LogP contribution < -0.4 is 11.1 Å². The minimum atomic E-state index is -3.71. The topological polar surface area (TPSA) is 120 Å². The number of nitrogens with two attached hydrogens (primary N) is 1. The van der Waals surface area contributed by atoms with Gasteiger partial charge < -0.3 is 29.7 Å². The molecule has 10 heteroatoms. The molecule has 1 amide bonds. The maximum Gasteiger partial charge on any atom is 0.409 e. The molecule has 1 fully saturated rings. The Morgan fingerprint density at radius 1 is 1.39 bits per heavy atom. The van der Waals surface area contributed by atoms with Crippen LogP contribution in [0.5, 0.6) is 0 Å². The van der Waals surface area contributed by atoms with Gasteiger partial charge in [-0.1, -0.05) is 13.3 Å². The molecule has 0 aromatic rings. The number of hydrogen-bond acceptors (Lipinski definition) is 8. The molecule has 3 N–H and O–H groups in total. The molecule has 0 spiro atoms. The Morgan fingerprint density at radius 2 is 2.04 bits per heavy atom. The van der Waals surface area contributed by atoms with E-state index in [4.69, 9.17) is 19.5 Å². The lowest BCUT2D eigenvalue weighted by molar-refractivity contribution is -0.121. The smallest absolute Gasteiger partial charge is 0.409 e. The van der Waals surface area contributed by atoms with Gasteiger partial charge in [-0.05, 0) is 6.42 Å². The van der Waals surface area contributed by atoms with E-state index in [2.05, 4.69) is 5.32 Å². The summed E-state index contributed by atoms with van der Waals surface area (Å²) in [7, 11) is -1.37. The standard InChI is InChI=1S/C13H26N3O6P/c1-4-5-8-22-13(18)16-7-6-15-10(9-16)11(17)12(14)23(19,20-2)21-3/h10,12,15H,4-9,14H2,1-3H3. The molecule has 1 aliphatic heterocycles. The van der Waals surface area contributed by atoms with Gasteiger partial charge in [0.2, 0.25) is 0 Å². The normalized spacial score (nSPS) is 20.2. The SMILES string of the molecule is CCCCOC(=O)N1CCNC(C(=O)C(N)P(=O)(OC)OC)C1. The van der Waals surface area contributed by atoms with E-state index in [-0.39, 0.29) is 6.54 Å². The molecular weight excluding hydrogens is 325 g/mol. The number of nitrogens with zero attached hydrogens (tertiary/aromatic N) is 1. The van der Waals surface area contributed by atoms with Crippen molar-refractivity contribution in [3.8, 4) is 0 Å². The second-order valence-corrected chi connectivity index (χ2v) is 7.54. The van der Waals surface area contributed by atoms with Crippen molar-refractivity contribution in [3.05, 3.63) is 0 Å². The van der Waals surface area contributed by atoms with Gasteiger partial charge in [0.1, 0.15) is 0 Å². The maximum absolute atomic E-state index is 12.4. The highest BCUT2D eigenvalue weighted by Gasteiger charge is 2.41. The maximum atomic E-state index is 12.4. The molecule has 0 radical (unpaired) electrons. The monoisotopic (exact) mass is 351 g/mol. The molecule has 1 saturated heterocycles. The van der Waals surface area contributed by atoms with E-state index in [9.17, 15) is 14.2 Å². The largest absolute Gasteiger partial charge is 0.449 e. The molecule has 0 bridgehead atoms. The number of unbranched alkanes of at least 4 members (excludes halogenated alkanes) is 1. The van der Waals surface area contributed by atoms with E-state index >= 15 is 0 Å². The lowest BCUT2D eigenvalue weighted by Crippen LogP contribution is -2.58. The average molecular weight is 351 g/mol. The zero-order valence-corrected chi connectivity index (χ0v) is 14.7. The average Bonchev–Trinajstić information content (AvgIpc) is 2.59. The number of amides is 1. The van der Waals surface area contributed by atoms with Crippen molar-refractivity contribution in [1.82, 2.24) is 10.2 Å². The number of nitrogens with one attached hydrogen (secondary N) is 1. The number of carbonyl (C=O) groups is 2. The molecule has 134 valence electrons. The molecule has 23 heavy (non-hydrogen) atoms. The highest BCUT2D eigenvalue weighted by atomic mass is 31.2. The summed E-state index contributed by atoms with van der Waals surface area (Å²) in [5.74, 6) is -1.94. The summed E-state index contributed by atoms with van der Waals surface area (Å²) in [6.07, 6.45) is 1.25. The molecule has 0 saturated carbocycles. The fourth-order valence-electron chi connectivity index (χ4n) is 2.17. The molecule has 0 aromatic heterocycles. The predicted molar refractivity (Wildman–Crippen MR) is 84.2 cm³/mol. The minimum Gasteiger partial charge on any atom is -0.449 e. The summed E-state index contributed by atoms with van der Waals surface area (Å²) < 4.78 is 26.8. The van der Waals surface area contributed by atoms with Crippen LogP contribution in [-0.2, 0) is 23.1 Å². The number of piperazine rings is 1. The third kappa shape index (κ3) is 5.26. The van der Waals surface area contributed by atoms with Crippen LogP contribution in [0.25, 0.3) is 0 Å². The molecule has 1 heterocycles. The zero-order chi connectivity index (χ0) is 17.5. The lowest BCUT2D eigenvalue weighted by atomic mass is 10.1. The fraction of sp³-hybridized carbons (Fsp3) is 0.846. The summed E-state index contributed by atoms with van der Waals surface area (Å²) in [6.45, 7) is 3.29. The molecular formula is C13H26N3O6P. The van der Waals surface area contributed by atoms with Gasteiger partial charge in [0.25, 0.3) is 0 Å². The van der Waals surface area contributed by atoms with Gasteiger partial charge in [-0.25, -0.2) is 4.79 Å². The molecule has 1 aliphatic rings. The number of hydrogen-bond donors (Lipinski definition) is 2. The Morgan fingerprint density at radius 3 is 2.61 bits per heavy atom. The van der Waals surface area contributed by atoms with Crippen LogP contribution >= 0.6 is 7.60 Å². The van der Waals surface area contributed by atoms with E-state index in [0.29, 0.717) is 19.7 Å². The highest BCUT2D eigenvalue weighted by molar-refractivity contribution is 7.55. The van der Waals surface area contributed by atoms with Crippen molar-refractivity contribution >= 4 is 19.5 Å². The van der Waals surface area contributed by atoms with Crippen LogP contribution in [0.3, 0.4) is 0 Å². The van der Waals surface area contributed by atoms with Crippen molar-refractivity contribution in [2.75, 3.05) is 40.5 Å². The van der Waals surface area contributed by atoms with E-state index in [1.54, 1.807) is 0 Å². The first-order valence-electron chi connectivity index (χ1n) is 7.55. The molecule has 0 aliphatic carbocycles. The first-order chi connectivity index (χ1) is 10.9. The molecule has 2 atom stereocenters. The van der Waals surface area contributed by atoms with E-state index in [1.165, 1.54) is 19.1 Å². The van der Waals surface area contributed by atoms with Gasteiger partial charge in [0.05, 0.1) is 12.6 Å². The zero-order valence-electron chi connectivity index (χ0n) is 13.8. The van der Waals surface area contributed by atoms with Crippen molar-refractivity contribution in [2.45, 2.75) is 31.6 Å². The number of carbonyl (C=O) groups excluding carboxylic acids is 2. The van der Waals surface area contributed by atoms with Gasteiger partial charge in [0, 0.05) is 33.9 Å². The van der Waals surface area contributed by atoms with Gasteiger partial charge in [-0.3, -0.25) is 9.36 Å². The van der Waals surface area contributed by atoms with E-state index in [0.717, 1.165) is 12.8 Å². The van der Waals surface area contributed by atoms with Crippen LogP contribution in [0.1, 0.15) is 19.8 Å². The Bertz CT molecular complexity index is 453. The summed E-state index contributed by atoms with van der Waals surface area (Å²) in [5, 5.41) is 2.96. The Hall–Kier alpha value is -0.990. The van der Waals surface area contributed by atoms with Crippen molar-refractivity contribution < 1.29 is 27.9 Å². The number of rotatable bonds is 8. The Balaban J connectivity index is 2.65. The Kier molecular flexibility index (Phi) is 8.15. The summed E-state index contributed by atoms with van der Waals surface area (Å²) in [4.78, 5) is 25.8. The van der Waals surface area contributed by atoms with Crippen molar-refractivity contribution in [3.63, 3.8) is 0 Å². The van der Waals surface area contributed by atoms with Crippen LogP contribution in [0.15, 0.2) is 0 Å². The van der Waals surface area contributed by atoms with Crippen molar-refractivity contribution in [2.24, 2.45) is 5.73 Å². The first kappa shape index (κ1) is 20.1. The van der Waals surface area contributed by atoms with Gasteiger partial charge in [-0.2, -0.15) is 0 Å². The van der Waals surface area contributed by atoms with Crippen LogP contribution in [0, 0.1) is 0 Å². The van der Waals surface area contributed by atoms with Crippen molar-refractivity contribution in [1.29, 1.82) is 0 Å². The van der Waals surface area contributed by atoms with E-state index < -0.39 is 31.3 Å². The van der Waals surface area contributed by atoms with Crippen LogP contribution in [-0.4, -0.2) is 69.1 Å². The molecule has 2 unspecified atom stereocenters. The predicted octanol–water partition coefficient (Wildman–Crippen LogP) is 0.537. The first-order valence-corrected chi connectivity index (χ1v) is 9.16. The van der Waals surface area contributed by atoms with Crippen LogP contribution in [0.4, 0.5) is 4.79 Å². The van der Waals surface area contributed by atoms with Gasteiger partial charge in [-0.15, -0.1) is 0 Å². The Labute approximate surface area is 136 Å². The molecule has 0 aromatic carbocycles. The lowest BCUT2D eigenvalue weighted by Gasteiger charge is -2.33. The summed E-state index contributed by atoms with van der Waals surface area (Å²) in [5.41, 5.74) is 5.73. The second kappa shape index (κ2) is 9.34. The molecule has 9 nitrogen and oxygen atoms in total. The highest BCUT2D eigenvalue weighted by Crippen LogP contribution is 2.49. The molecule has 1 rings (SSSR count). The van der Waals surface area contributed by atoms with Gasteiger partial charge in [0.15, 0.2) is 11.6 Å². The minimum absolute atomic E-state index is 0.102. The third-order valence-corrected chi connectivity index (χ3v) is 5.60. The summed E-state index contributed by atoms with van der Waals surface area (Å²) >= 11 is 0. The van der Waals surface area contributed by atoms with Crippen LogP contribution in [0.2, 0.25) is 0 Å². The third-order valence-electron chi connectivity index (χ3n) is 3.64. The number of Topliss-reactive ketones (excluding diaryl/α,β-unsaturated/α-hetero) is 1. The second-order valence-electron chi connectivity index (χ2n) is 5.17. The van der Waals surface area contributed by atoms with Gasteiger partial charge >= 0.3 is 13.7 Å². The number of ketones is 1. The number of ether oxygens (including phenoxy) is 1. The van der Waals surface area contributed by atoms with E-state index in [1.807, 2.05) is 6.92 Å². The summed E-state index contributed by atoms with van der Waals surface area (Å²) in [6, 6.07) is -0.740. The quantitative estimate of drug-likeness (QED) is 0.480. The fourth-order valence-corrected chi connectivity index (χ4v) is 3.26.